The van der Waals surface area contributed by atoms with Gasteiger partial charge in [-0.2, -0.15) is 0 Å². The Morgan fingerprint density at radius 2 is 1.59 bits per heavy atom. The van der Waals surface area contributed by atoms with Gasteiger partial charge in [0.25, 0.3) is 0 Å². The number of benzene rings is 3. The Morgan fingerprint density at radius 3 is 2.28 bits per heavy atom. The summed E-state index contributed by atoms with van der Waals surface area (Å²) < 4.78 is 0. The van der Waals surface area contributed by atoms with E-state index in [1.165, 1.54) is 6.42 Å². The van der Waals surface area contributed by atoms with Gasteiger partial charge in [0.2, 0.25) is 11.8 Å². The number of carbonyl (C=O) groups excluding carboxylic acids is 2. The van der Waals surface area contributed by atoms with E-state index in [0.717, 1.165) is 41.7 Å². The fourth-order valence-corrected chi connectivity index (χ4v) is 6.15. The summed E-state index contributed by atoms with van der Waals surface area (Å²) in [6.07, 6.45) is 6.09. The Bertz CT molecular complexity index is 1230. The van der Waals surface area contributed by atoms with Crippen LogP contribution in [0.15, 0.2) is 77.7 Å². The predicted molar refractivity (Wildman–Crippen MR) is 163 cm³/mol. The number of nitrogens with zero attached hydrogens (tertiary/aromatic N) is 1. The highest BCUT2D eigenvalue weighted by atomic mass is 35.5. The summed E-state index contributed by atoms with van der Waals surface area (Å²) in [6.45, 7) is 0.261. The van der Waals surface area contributed by atoms with Gasteiger partial charge in [0.05, 0.1) is 10.0 Å². The lowest BCUT2D eigenvalue weighted by molar-refractivity contribution is -0.141. The number of rotatable bonds is 11. The Balaban J connectivity index is 1.57. The third-order valence-electron chi connectivity index (χ3n) is 6.96. The van der Waals surface area contributed by atoms with Crippen LogP contribution in [0.2, 0.25) is 15.1 Å². The maximum Gasteiger partial charge on any atom is 0.243 e. The first-order valence-electron chi connectivity index (χ1n) is 13.3. The number of carbonyl (C=O) groups is 2. The molecule has 1 fully saturated rings. The van der Waals surface area contributed by atoms with Gasteiger partial charge in [-0.25, -0.2) is 0 Å². The summed E-state index contributed by atoms with van der Waals surface area (Å²) in [5.41, 5.74) is 1.83. The number of hydrogen-bond acceptors (Lipinski definition) is 3. The minimum atomic E-state index is -0.656. The first kappa shape index (κ1) is 29.8. The molecule has 4 nitrogen and oxygen atoms in total. The van der Waals surface area contributed by atoms with E-state index < -0.39 is 6.04 Å². The highest BCUT2D eigenvalue weighted by molar-refractivity contribution is 7.99. The largest absolute Gasteiger partial charge is 0.352 e. The monoisotopic (exact) mass is 602 g/mol. The normalized spacial score (nSPS) is 14.5. The molecule has 0 radical (unpaired) electrons. The smallest absolute Gasteiger partial charge is 0.243 e. The molecule has 1 aliphatic carbocycles. The van der Waals surface area contributed by atoms with Gasteiger partial charge in [-0.15, -0.1) is 11.8 Å². The topological polar surface area (TPSA) is 49.4 Å². The van der Waals surface area contributed by atoms with Crippen molar-refractivity contribution in [3.63, 3.8) is 0 Å². The first-order valence-corrected chi connectivity index (χ1v) is 15.5. The summed E-state index contributed by atoms with van der Waals surface area (Å²) in [5, 5.41) is 4.82. The van der Waals surface area contributed by atoms with Crippen LogP contribution in [0.25, 0.3) is 0 Å². The summed E-state index contributed by atoms with van der Waals surface area (Å²) in [6, 6.07) is 22.3. The molecular weight excluding hydrogens is 571 g/mol. The van der Waals surface area contributed by atoms with Crippen LogP contribution in [0.4, 0.5) is 0 Å². The predicted octanol–water partition coefficient (Wildman–Crippen LogP) is 8.22. The molecule has 1 saturated carbocycles. The zero-order valence-electron chi connectivity index (χ0n) is 21.8. The molecule has 1 atom stereocenters. The van der Waals surface area contributed by atoms with E-state index in [9.17, 15) is 9.59 Å². The van der Waals surface area contributed by atoms with E-state index in [1.807, 2.05) is 60.7 Å². The molecular formula is C31H33Cl3N2O2S. The van der Waals surface area contributed by atoms with Crippen molar-refractivity contribution >= 4 is 58.4 Å². The van der Waals surface area contributed by atoms with E-state index in [-0.39, 0.29) is 30.8 Å². The van der Waals surface area contributed by atoms with Gasteiger partial charge >= 0.3 is 0 Å². The molecule has 0 heterocycles. The molecule has 1 aliphatic rings. The summed E-state index contributed by atoms with van der Waals surface area (Å²) in [7, 11) is 0. The average molecular weight is 604 g/mol. The minimum absolute atomic E-state index is 0.0812. The molecule has 3 aromatic rings. The lowest BCUT2D eigenvalue weighted by Gasteiger charge is -2.33. The molecule has 0 aliphatic heterocycles. The van der Waals surface area contributed by atoms with Crippen LogP contribution in [0.3, 0.4) is 0 Å². The minimum Gasteiger partial charge on any atom is -0.352 e. The van der Waals surface area contributed by atoms with Crippen LogP contribution in [-0.4, -0.2) is 34.6 Å². The van der Waals surface area contributed by atoms with Crippen molar-refractivity contribution in [3.05, 3.63) is 99.0 Å². The van der Waals surface area contributed by atoms with Gasteiger partial charge in [-0.3, -0.25) is 9.59 Å². The van der Waals surface area contributed by atoms with Crippen molar-refractivity contribution in [2.75, 3.05) is 5.75 Å². The van der Waals surface area contributed by atoms with Crippen LogP contribution in [-0.2, 0) is 22.6 Å². The fourth-order valence-electron chi connectivity index (χ4n) is 4.86. The van der Waals surface area contributed by atoms with E-state index in [2.05, 4.69) is 5.32 Å². The van der Waals surface area contributed by atoms with Crippen molar-refractivity contribution in [3.8, 4) is 0 Å². The maximum atomic E-state index is 13.8. The SMILES string of the molecule is O=C(NC1CCCCC1)[C@H](Cc1ccccc1)N(Cc1ccc(Cl)c(Cl)c1)C(=O)CCSc1ccc(Cl)cc1. The lowest BCUT2D eigenvalue weighted by atomic mass is 9.94. The summed E-state index contributed by atoms with van der Waals surface area (Å²) in [4.78, 5) is 30.4. The quantitative estimate of drug-likeness (QED) is 0.225. The molecule has 8 heteroatoms. The Kier molecular flexibility index (Phi) is 11.5. The highest BCUT2D eigenvalue weighted by Crippen LogP contribution is 2.26. The average Bonchev–Trinajstić information content (AvgIpc) is 2.94. The van der Waals surface area contributed by atoms with Gasteiger partial charge in [-0.05, 0) is 60.4 Å². The van der Waals surface area contributed by atoms with Gasteiger partial charge in [0.15, 0.2) is 0 Å². The van der Waals surface area contributed by atoms with Gasteiger partial charge in [0.1, 0.15) is 6.04 Å². The van der Waals surface area contributed by atoms with Crippen molar-refractivity contribution < 1.29 is 9.59 Å². The molecule has 3 aromatic carbocycles. The third kappa shape index (κ3) is 9.18. The van der Waals surface area contributed by atoms with Gasteiger partial charge in [-0.1, -0.05) is 90.5 Å². The zero-order chi connectivity index (χ0) is 27.6. The number of amides is 2. The van der Waals surface area contributed by atoms with Crippen LogP contribution in [0.1, 0.15) is 49.7 Å². The first-order chi connectivity index (χ1) is 18.9. The third-order valence-corrected chi connectivity index (χ3v) is 8.96. The number of hydrogen-bond donors (Lipinski definition) is 1. The van der Waals surface area contributed by atoms with Crippen LogP contribution < -0.4 is 5.32 Å². The fraction of sp³-hybridized carbons (Fsp3) is 0.355. The number of thioether (sulfide) groups is 1. The molecule has 0 saturated heterocycles. The van der Waals surface area contributed by atoms with E-state index in [1.54, 1.807) is 28.8 Å². The molecule has 0 bridgehead atoms. The molecule has 1 N–H and O–H groups in total. The molecule has 2 amide bonds. The number of halogens is 3. The molecule has 206 valence electrons. The lowest BCUT2D eigenvalue weighted by Crippen LogP contribution is -2.52. The Labute approximate surface area is 250 Å². The molecule has 0 aromatic heterocycles. The van der Waals surface area contributed by atoms with Gasteiger partial charge < -0.3 is 10.2 Å². The van der Waals surface area contributed by atoms with E-state index >= 15 is 0 Å². The van der Waals surface area contributed by atoms with Crippen molar-refractivity contribution in [2.24, 2.45) is 0 Å². The Hall–Kier alpha value is -2.18. The van der Waals surface area contributed by atoms with Crippen molar-refractivity contribution in [1.82, 2.24) is 10.2 Å². The van der Waals surface area contributed by atoms with Crippen LogP contribution in [0.5, 0.6) is 0 Å². The van der Waals surface area contributed by atoms with Crippen molar-refractivity contribution in [2.45, 2.75) is 68.5 Å². The van der Waals surface area contributed by atoms with Crippen molar-refractivity contribution in [1.29, 1.82) is 0 Å². The zero-order valence-corrected chi connectivity index (χ0v) is 24.8. The highest BCUT2D eigenvalue weighted by Gasteiger charge is 2.31. The standard InChI is InChI=1S/C31H33Cl3N2O2S/c32-24-12-14-26(15-13-24)39-18-17-30(37)36(21-23-11-16-27(33)28(34)19-23)29(20-22-7-3-1-4-8-22)31(38)35-25-9-5-2-6-10-25/h1,3-4,7-8,11-16,19,25,29H,2,5-6,9-10,17-18,20-21H2,(H,35,38)/t29-/m0/s1. The summed E-state index contributed by atoms with van der Waals surface area (Å²) >= 11 is 20.1. The molecule has 0 unspecified atom stereocenters. The van der Waals surface area contributed by atoms with Gasteiger partial charge in [0, 0.05) is 41.1 Å². The molecule has 39 heavy (non-hydrogen) atoms. The molecule has 0 spiro atoms. The maximum absolute atomic E-state index is 13.8. The number of nitrogens with one attached hydrogen (secondary N) is 1. The van der Waals surface area contributed by atoms with E-state index in [0.29, 0.717) is 27.2 Å². The second kappa shape index (κ2) is 15.0. The summed E-state index contributed by atoms with van der Waals surface area (Å²) in [5.74, 6) is 0.396. The van der Waals surface area contributed by atoms with Crippen LogP contribution >= 0.6 is 46.6 Å². The Morgan fingerprint density at radius 1 is 0.872 bits per heavy atom. The second-order valence-electron chi connectivity index (χ2n) is 9.87. The molecule has 4 rings (SSSR count). The second-order valence-corrected chi connectivity index (χ2v) is 12.3. The van der Waals surface area contributed by atoms with Crippen LogP contribution in [0, 0.1) is 0 Å². The van der Waals surface area contributed by atoms with E-state index in [4.69, 9.17) is 34.8 Å².